The average Bonchev–Trinajstić information content (AvgIpc) is 3.41. The second-order valence-corrected chi connectivity index (χ2v) is 20.9. The van der Waals surface area contributed by atoms with Crippen molar-refractivity contribution in [1.29, 1.82) is 0 Å². The van der Waals surface area contributed by atoms with Crippen molar-refractivity contribution < 1.29 is 28.6 Å². The number of esters is 3. The van der Waals surface area contributed by atoms with Crippen LogP contribution >= 0.6 is 0 Å². The standard InChI is InChI=1S/C69H118O6/c1-4-7-10-13-16-19-22-24-26-28-29-30-31-32-33-34-35-36-37-38-39-41-42-44-47-50-53-56-59-62-68(71)74-65-66(64-73-67(70)61-58-55-52-49-46-21-18-15-12-9-6-3)75-69(72)63-60-57-54-51-48-45-43-40-27-25-23-20-17-14-11-8-5-2/h7,10,16,19,24-27,29-30,32-33,35-36,38-39,66H,4-6,8-9,11-15,17-18,20-23,28,31,34,37,40-65H2,1-3H3/b10-7-,19-16-,26-24-,27-25-,30-29-,33-32-,36-35-,39-38-. The summed E-state index contributed by atoms with van der Waals surface area (Å²) in [6, 6.07) is 0. The van der Waals surface area contributed by atoms with Gasteiger partial charge in [-0.3, -0.25) is 14.4 Å². The summed E-state index contributed by atoms with van der Waals surface area (Å²) in [5.41, 5.74) is 0. The number of carbonyl (C=O) groups is 3. The molecule has 0 N–H and O–H groups in total. The Bertz CT molecular complexity index is 1480. The van der Waals surface area contributed by atoms with Crippen molar-refractivity contribution in [3.05, 3.63) is 97.2 Å². The number of rotatable bonds is 57. The molecular formula is C69H118O6. The van der Waals surface area contributed by atoms with Gasteiger partial charge in [-0.05, 0) is 103 Å². The van der Waals surface area contributed by atoms with Crippen LogP contribution in [-0.2, 0) is 28.6 Å². The van der Waals surface area contributed by atoms with E-state index in [2.05, 4.69) is 118 Å². The molecule has 0 aliphatic carbocycles. The Morgan fingerprint density at radius 1 is 0.280 bits per heavy atom. The summed E-state index contributed by atoms with van der Waals surface area (Å²) in [4.78, 5) is 38.2. The molecule has 0 heterocycles. The van der Waals surface area contributed by atoms with Crippen molar-refractivity contribution in [3.63, 3.8) is 0 Å². The molecule has 75 heavy (non-hydrogen) atoms. The number of allylic oxidation sites excluding steroid dienone is 16. The van der Waals surface area contributed by atoms with Gasteiger partial charge < -0.3 is 14.2 Å². The van der Waals surface area contributed by atoms with Gasteiger partial charge in [0.2, 0.25) is 0 Å². The predicted octanol–water partition coefficient (Wildman–Crippen LogP) is 21.7. The van der Waals surface area contributed by atoms with Gasteiger partial charge in [0, 0.05) is 19.3 Å². The maximum absolute atomic E-state index is 12.9. The SMILES string of the molecule is CC/C=C\C/C=C\C/C=C\C/C=C\C/C=C\C/C=C\C/C=C\CCCCCCCCCC(=O)OCC(COC(=O)CCCCCCCCCCCCC)OC(=O)CCCCCCCCC/C=C\CCCCCCCC. The normalized spacial score (nSPS) is 12.7. The first-order valence-electron chi connectivity index (χ1n) is 31.7. The molecular weight excluding hydrogens is 925 g/mol. The minimum absolute atomic E-state index is 0.0800. The number of hydrogen-bond donors (Lipinski definition) is 0. The number of ether oxygens (including phenoxy) is 3. The molecule has 0 amide bonds. The summed E-state index contributed by atoms with van der Waals surface area (Å²) < 4.78 is 16.9. The summed E-state index contributed by atoms with van der Waals surface area (Å²) in [6.45, 7) is 6.52. The lowest BCUT2D eigenvalue weighted by Crippen LogP contribution is -2.30. The second-order valence-electron chi connectivity index (χ2n) is 20.9. The van der Waals surface area contributed by atoms with E-state index in [0.717, 1.165) is 109 Å². The van der Waals surface area contributed by atoms with Gasteiger partial charge in [0.05, 0.1) is 0 Å². The highest BCUT2D eigenvalue weighted by atomic mass is 16.6. The predicted molar refractivity (Wildman–Crippen MR) is 325 cm³/mol. The average molecular weight is 1040 g/mol. The third-order valence-corrected chi connectivity index (χ3v) is 13.6. The summed E-state index contributed by atoms with van der Waals surface area (Å²) in [7, 11) is 0. The quantitative estimate of drug-likeness (QED) is 0.0261. The fraction of sp³-hybridized carbons (Fsp3) is 0.725. The molecule has 0 fully saturated rings. The molecule has 0 rings (SSSR count). The van der Waals surface area contributed by atoms with Crippen LogP contribution in [0, 0.1) is 0 Å². The van der Waals surface area contributed by atoms with Crippen molar-refractivity contribution in [2.24, 2.45) is 0 Å². The zero-order valence-corrected chi connectivity index (χ0v) is 49.3. The third kappa shape index (κ3) is 61.1. The summed E-state index contributed by atoms with van der Waals surface area (Å²) >= 11 is 0. The topological polar surface area (TPSA) is 78.9 Å². The first-order chi connectivity index (χ1) is 37.0. The van der Waals surface area contributed by atoms with E-state index in [9.17, 15) is 14.4 Å². The van der Waals surface area contributed by atoms with Gasteiger partial charge in [-0.25, -0.2) is 0 Å². The van der Waals surface area contributed by atoms with E-state index >= 15 is 0 Å². The second kappa shape index (κ2) is 62.9. The van der Waals surface area contributed by atoms with Gasteiger partial charge in [0.1, 0.15) is 13.2 Å². The maximum Gasteiger partial charge on any atom is 0.306 e. The molecule has 0 aliphatic heterocycles. The fourth-order valence-electron chi connectivity index (χ4n) is 8.83. The minimum atomic E-state index is -0.783. The highest BCUT2D eigenvalue weighted by Crippen LogP contribution is 2.16. The van der Waals surface area contributed by atoms with Crippen LogP contribution in [0.15, 0.2) is 97.2 Å². The van der Waals surface area contributed by atoms with Crippen molar-refractivity contribution >= 4 is 17.9 Å². The Hall–Kier alpha value is -3.67. The Labute approximate surface area is 464 Å². The minimum Gasteiger partial charge on any atom is -0.462 e. The molecule has 0 radical (unpaired) electrons. The molecule has 0 bridgehead atoms. The Kier molecular flexibility index (Phi) is 59.8. The highest BCUT2D eigenvalue weighted by Gasteiger charge is 2.19. The Balaban J connectivity index is 4.29. The smallest absolute Gasteiger partial charge is 0.306 e. The number of unbranched alkanes of at least 4 members (excludes halogenated alkanes) is 30. The van der Waals surface area contributed by atoms with Crippen molar-refractivity contribution in [1.82, 2.24) is 0 Å². The van der Waals surface area contributed by atoms with Gasteiger partial charge in [-0.15, -0.1) is 0 Å². The number of carbonyl (C=O) groups excluding carboxylic acids is 3. The molecule has 6 nitrogen and oxygen atoms in total. The van der Waals surface area contributed by atoms with E-state index in [1.165, 1.54) is 154 Å². The Morgan fingerprint density at radius 3 is 0.827 bits per heavy atom. The Morgan fingerprint density at radius 2 is 0.520 bits per heavy atom. The van der Waals surface area contributed by atoms with Crippen LogP contribution in [0.25, 0.3) is 0 Å². The van der Waals surface area contributed by atoms with Gasteiger partial charge in [0.15, 0.2) is 6.10 Å². The molecule has 0 aliphatic rings. The molecule has 0 aromatic carbocycles. The zero-order valence-electron chi connectivity index (χ0n) is 49.3. The maximum atomic E-state index is 12.9. The molecule has 6 heteroatoms. The van der Waals surface area contributed by atoms with Crippen molar-refractivity contribution in [3.8, 4) is 0 Å². The van der Waals surface area contributed by atoms with E-state index in [4.69, 9.17) is 14.2 Å². The third-order valence-electron chi connectivity index (χ3n) is 13.6. The van der Waals surface area contributed by atoms with Gasteiger partial charge in [0.25, 0.3) is 0 Å². The van der Waals surface area contributed by atoms with Gasteiger partial charge in [-0.1, -0.05) is 279 Å². The van der Waals surface area contributed by atoms with Gasteiger partial charge >= 0.3 is 17.9 Å². The monoisotopic (exact) mass is 1040 g/mol. The van der Waals surface area contributed by atoms with Crippen LogP contribution in [0.3, 0.4) is 0 Å². The first-order valence-corrected chi connectivity index (χ1v) is 31.7. The fourth-order valence-corrected chi connectivity index (χ4v) is 8.83. The van der Waals surface area contributed by atoms with Crippen LogP contribution in [-0.4, -0.2) is 37.2 Å². The lowest BCUT2D eigenvalue weighted by atomic mass is 10.1. The van der Waals surface area contributed by atoms with Crippen LogP contribution in [0.4, 0.5) is 0 Å². The van der Waals surface area contributed by atoms with Gasteiger partial charge in [-0.2, -0.15) is 0 Å². The molecule has 1 atom stereocenters. The van der Waals surface area contributed by atoms with Crippen LogP contribution < -0.4 is 0 Å². The van der Waals surface area contributed by atoms with E-state index in [-0.39, 0.29) is 31.1 Å². The van der Waals surface area contributed by atoms with Crippen LogP contribution in [0.5, 0.6) is 0 Å². The first kappa shape index (κ1) is 71.3. The summed E-state index contributed by atoms with van der Waals surface area (Å²) in [5.74, 6) is -0.888. The van der Waals surface area contributed by atoms with Crippen LogP contribution in [0.1, 0.15) is 303 Å². The molecule has 0 saturated heterocycles. The molecule has 1 unspecified atom stereocenters. The highest BCUT2D eigenvalue weighted by molar-refractivity contribution is 5.71. The molecule has 0 aromatic heterocycles. The zero-order chi connectivity index (χ0) is 54.3. The van der Waals surface area contributed by atoms with E-state index in [1.54, 1.807) is 0 Å². The number of hydrogen-bond acceptors (Lipinski definition) is 6. The lowest BCUT2D eigenvalue weighted by molar-refractivity contribution is -0.167. The lowest BCUT2D eigenvalue weighted by Gasteiger charge is -2.18. The summed E-state index contributed by atoms with van der Waals surface area (Å²) in [5, 5.41) is 0. The molecule has 0 saturated carbocycles. The van der Waals surface area contributed by atoms with E-state index < -0.39 is 6.10 Å². The van der Waals surface area contributed by atoms with Crippen molar-refractivity contribution in [2.45, 2.75) is 309 Å². The van der Waals surface area contributed by atoms with Crippen molar-refractivity contribution in [2.75, 3.05) is 13.2 Å². The van der Waals surface area contributed by atoms with E-state index in [1.807, 2.05) is 0 Å². The summed E-state index contributed by atoms with van der Waals surface area (Å²) in [6.07, 6.45) is 84.1. The molecule has 430 valence electrons. The largest absolute Gasteiger partial charge is 0.462 e. The molecule has 0 spiro atoms. The van der Waals surface area contributed by atoms with E-state index in [0.29, 0.717) is 19.3 Å². The van der Waals surface area contributed by atoms with Crippen LogP contribution in [0.2, 0.25) is 0 Å². The molecule has 0 aromatic rings.